The molecule has 1 unspecified atom stereocenters. The molecule has 7 heteroatoms. The van der Waals surface area contributed by atoms with Crippen molar-refractivity contribution in [3.8, 4) is 0 Å². The minimum atomic E-state index is -1.05. The van der Waals surface area contributed by atoms with Crippen molar-refractivity contribution < 1.29 is 15.0 Å². The van der Waals surface area contributed by atoms with Gasteiger partial charge >= 0.3 is 6.09 Å². The largest absolute Gasteiger partial charge is 0.465 e. The zero-order valence-electron chi connectivity index (χ0n) is 13.3. The molecule has 1 aliphatic heterocycles. The molecule has 1 aromatic rings. The summed E-state index contributed by atoms with van der Waals surface area (Å²) in [4.78, 5) is 21.2. The van der Waals surface area contributed by atoms with Crippen LogP contribution in [0.5, 0.6) is 0 Å². The summed E-state index contributed by atoms with van der Waals surface area (Å²) in [5.74, 6) is 0.815. The zero-order chi connectivity index (χ0) is 16.3. The van der Waals surface area contributed by atoms with Crippen molar-refractivity contribution >= 4 is 6.09 Å². The smallest absolute Gasteiger partial charge is 0.407 e. The SMILES string of the molecule is CNCC(C)(O)c1cnc(C)nc1C1CCN(C(=O)O)CC1. The highest BCUT2D eigenvalue weighted by molar-refractivity contribution is 5.65. The van der Waals surface area contributed by atoms with Crippen LogP contribution in [0.2, 0.25) is 0 Å². The minimum absolute atomic E-state index is 0.149. The van der Waals surface area contributed by atoms with Gasteiger partial charge < -0.3 is 20.4 Å². The zero-order valence-corrected chi connectivity index (χ0v) is 13.3. The number of likely N-dealkylation sites (tertiary alicyclic amines) is 1. The Morgan fingerprint density at radius 1 is 1.50 bits per heavy atom. The van der Waals surface area contributed by atoms with Crippen LogP contribution in [-0.2, 0) is 5.60 Å². The van der Waals surface area contributed by atoms with Gasteiger partial charge in [-0.1, -0.05) is 0 Å². The van der Waals surface area contributed by atoms with E-state index in [9.17, 15) is 9.90 Å². The molecule has 3 N–H and O–H groups in total. The fourth-order valence-electron chi connectivity index (χ4n) is 3.00. The molecule has 1 aliphatic rings. The second-order valence-electron chi connectivity index (χ2n) is 6.06. The lowest BCUT2D eigenvalue weighted by Gasteiger charge is -2.33. The summed E-state index contributed by atoms with van der Waals surface area (Å²) in [5.41, 5.74) is 0.515. The highest BCUT2D eigenvalue weighted by Gasteiger charge is 2.32. The second-order valence-corrected chi connectivity index (χ2v) is 6.06. The highest BCUT2D eigenvalue weighted by atomic mass is 16.4. The monoisotopic (exact) mass is 308 g/mol. The van der Waals surface area contributed by atoms with E-state index in [1.807, 2.05) is 6.92 Å². The van der Waals surface area contributed by atoms with Gasteiger partial charge in [0.2, 0.25) is 0 Å². The summed E-state index contributed by atoms with van der Waals surface area (Å²) < 4.78 is 0. The van der Waals surface area contributed by atoms with Crippen molar-refractivity contribution in [2.75, 3.05) is 26.7 Å². The Hall–Kier alpha value is -1.73. The van der Waals surface area contributed by atoms with E-state index in [2.05, 4.69) is 15.3 Å². The molecule has 122 valence electrons. The fraction of sp³-hybridized carbons (Fsp3) is 0.667. The third-order valence-electron chi connectivity index (χ3n) is 4.19. The van der Waals surface area contributed by atoms with Crippen LogP contribution >= 0.6 is 0 Å². The number of hydrogen-bond donors (Lipinski definition) is 3. The summed E-state index contributed by atoms with van der Waals surface area (Å²) in [6.45, 7) is 4.97. The number of carbonyl (C=O) groups is 1. The molecule has 0 spiro atoms. The van der Waals surface area contributed by atoms with Gasteiger partial charge in [0.05, 0.1) is 5.69 Å². The number of aryl methyl sites for hydroxylation is 1. The molecule has 1 saturated heterocycles. The molecule has 2 rings (SSSR count). The average molecular weight is 308 g/mol. The van der Waals surface area contributed by atoms with Crippen LogP contribution in [0.4, 0.5) is 4.79 Å². The van der Waals surface area contributed by atoms with Gasteiger partial charge in [-0.25, -0.2) is 14.8 Å². The lowest BCUT2D eigenvalue weighted by molar-refractivity contribution is 0.0562. The predicted molar refractivity (Wildman–Crippen MR) is 81.8 cm³/mol. The van der Waals surface area contributed by atoms with Crippen LogP contribution in [0.1, 0.15) is 42.8 Å². The number of rotatable bonds is 4. The molecule has 0 aliphatic carbocycles. The molecule has 1 amide bonds. The topological polar surface area (TPSA) is 98.6 Å². The van der Waals surface area contributed by atoms with Crippen molar-refractivity contribution in [3.05, 3.63) is 23.3 Å². The van der Waals surface area contributed by atoms with Gasteiger partial charge in [-0.15, -0.1) is 0 Å². The maximum atomic E-state index is 11.0. The van der Waals surface area contributed by atoms with Crippen molar-refractivity contribution in [3.63, 3.8) is 0 Å². The van der Waals surface area contributed by atoms with Gasteiger partial charge in [0, 0.05) is 37.3 Å². The molecule has 1 aromatic heterocycles. The Labute approximate surface area is 130 Å². The first-order valence-corrected chi connectivity index (χ1v) is 7.54. The van der Waals surface area contributed by atoms with E-state index < -0.39 is 11.7 Å². The van der Waals surface area contributed by atoms with Crippen LogP contribution in [0.15, 0.2) is 6.20 Å². The molecule has 0 aromatic carbocycles. The Kier molecular flexibility index (Phi) is 4.97. The number of likely N-dealkylation sites (N-methyl/N-ethyl adjacent to an activating group) is 1. The van der Waals surface area contributed by atoms with E-state index >= 15 is 0 Å². The summed E-state index contributed by atoms with van der Waals surface area (Å²) >= 11 is 0. The third kappa shape index (κ3) is 3.53. The molecule has 2 heterocycles. The van der Waals surface area contributed by atoms with Gasteiger partial charge in [0.25, 0.3) is 0 Å². The van der Waals surface area contributed by atoms with E-state index in [0.717, 1.165) is 11.3 Å². The summed E-state index contributed by atoms with van der Waals surface area (Å²) in [5, 5.41) is 22.7. The molecule has 0 bridgehead atoms. The average Bonchev–Trinajstić information content (AvgIpc) is 2.47. The number of amides is 1. The van der Waals surface area contributed by atoms with E-state index in [1.165, 1.54) is 4.90 Å². The molecule has 0 saturated carbocycles. The molecular formula is C15H24N4O3. The number of aliphatic hydroxyl groups is 1. The Morgan fingerprint density at radius 3 is 2.68 bits per heavy atom. The molecular weight excluding hydrogens is 284 g/mol. The Morgan fingerprint density at radius 2 is 2.14 bits per heavy atom. The van der Waals surface area contributed by atoms with Crippen molar-refractivity contribution in [2.24, 2.45) is 0 Å². The van der Waals surface area contributed by atoms with Gasteiger partial charge in [0.1, 0.15) is 11.4 Å². The van der Waals surface area contributed by atoms with Crippen molar-refractivity contribution in [1.29, 1.82) is 0 Å². The quantitative estimate of drug-likeness (QED) is 0.769. The van der Waals surface area contributed by atoms with Crippen LogP contribution in [0.25, 0.3) is 0 Å². The lowest BCUT2D eigenvalue weighted by Crippen LogP contribution is -2.39. The van der Waals surface area contributed by atoms with Gasteiger partial charge in [0.15, 0.2) is 0 Å². The third-order valence-corrected chi connectivity index (χ3v) is 4.19. The van der Waals surface area contributed by atoms with Crippen LogP contribution in [0.3, 0.4) is 0 Å². The number of piperidine rings is 1. The number of nitrogens with zero attached hydrogens (tertiary/aromatic N) is 3. The number of carboxylic acid groups (broad SMARTS) is 1. The fourth-order valence-corrected chi connectivity index (χ4v) is 3.00. The van der Waals surface area contributed by atoms with Crippen LogP contribution in [0, 0.1) is 6.92 Å². The maximum absolute atomic E-state index is 11.0. The van der Waals surface area contributed by atoms with Crippen molar-refractivity contribution in [2.45, 2.75) is 38.2 Å². The number of aromatic nitrogens is 2. The first-order chi connectivity index (χ1) is 10.3. The van der Waals surface area contributed by atoms with E-state index in [1.54, 1.807) is 20.2 Å². The number of nitrogens with one attached hydrogen (secondary N) is 1. The van der Waals surface area contributed by atoms with Gasteiger partial charge in [-0.05, 0) is 33.7 Å². The van der Waals surface area contributed by atoms with E-state index in [4.69, 9.17) is 5.11 Å². The summed E-state index contributed by atoms with van der Waals surface area (Å²) in [7, 11) is 1.79. The minimum Gasteiger partial charge on any atom is -0.465 e. The van der Waals surface area contributed by atoms with Crippen LogP contribution < -0.4 is 5.32 Å². The maximum Gasteiger partial charge on any atom is 0.407 e. The molecule has 22 heavy (non-hydrogen) atoms. The second kappa shape index (κ2) is 6.58. The molecule has 1 atom stereocenters. The Bertz CT molecular complexity index is 540. The lowest BCUT2D eigenvalue weighted by atomic mass is 9.85. The van der Waals surface area contributed by atoms with Gasteiger partial charge in [-0.3, -0.25) is 0 Å². The summed E-state index contributed by atoms with van der Waals surface area (Å²) in [6.07, 6.45) is 2.25. The molecule has 1 fully saturated rings. The predicted octanol–water partition coefficient (Wildman–Crippen LogP) is 1.07. The van der Waals surface area contributed by atoms with E-state index in [0.29, 0.717) is 38.3 Å². The van der Waals surface area contributed by atoms with Crippen LogP contribution in [-0.4, -0.2) is 57.9 Å². The standard InChI is InChI=1S/C15H24N4O3/c1-10-17-8-12(15(2,22)9-16-3)13(18-10)11-4-6-19(7-5-11)14(20)21/h8,11,16,22H,4-7,9H2,1-3H3,(H,20,21). The highest BCUT2D eigenvalue weighted by Crippen LogP contribution is 2.33. The first-order valence-electron chi connectivity index (χ1n) is 7.54. The van der Waals surface area contributed by atoms with E-state index in [-0.39, 0.29) is 5.92 Å². The molecule has 7 nitrogen and oxygen atoms in total. The van der Waals surface area contributed by atoms with Crippen molar-refractivity contribution in [1.82, 2.24) is 20.2 Å². The summed E-state index contributed by atoms with van der Waals surface area (Å²) in [6, 6.07) is 0. The normalized spacial score (nSPS) is 19.0. The number of hydrogen-bond acceptors (Lipinski definition) is 5. The molecule has 0 radical (unpaired) electrons. The first kappa shape index (κ1) is 16.6. The van der Waals surface area contributed by atoms with Gasteiger partial charge in [-0.2, -0.15) is 0 Å². The Balaban J connectivity index is 2.27.